The summed E-state index contributed by atoms with van der Waals surface area (Å²) >= 11 is 1.85. The molecule has 17 heavy (non-hydrogen) atoms. The molecule has 0 aromatic heterocycles. The van der Waals surface area contributed by atoms with E-state index in [4.69, 9.17) is 4.74 Å². The molecule has 0 saturated carbocycles. The van der Waals surface area contributed by atoms with Gasteiger partial charge in [-0.2, -0.15) is 11.8 Å². The third-order valence-corrected chi connectivity index (χ3v) is 4.64. The van der Waals surface area contributed by atoms with Crippen LogP contribution in [0.5, 0.6) is 0 Å². The van der Waals surface area contributed by atoms with Crippen molar-refractivity contribution in [3.05, 3.63) is 0 Å². The van der Waals surface area contributed by atoms with E-state index in [2.05, 4.69) is 17.6 Å². The van der Waals surface area contributed by atoms with E-state index >= 15 is 0 Å². The Hall–Kier alpha value is -0.260. The van der Waals surface area contributed by atoms with Gasteiger partial charge in [-0.1, -0.05) is 0 Å². The molecule has 98 valence electrons. The van der Waals surface area contributed by atoms with Crippen molar-refractivity contribution in [1.29, 1.82) is 0 Å². The molecular formula is C12H22N2O2S. The Kier molecular flexibility index (Phi) is 5.13. The molecular weight excluding hydrogens is 236 g/mol. The summed E-state index contributed by atoms with van der Waals surface area (Å²) in [6.07, 6.45) is 2.13. The number of nitrogens with one attached hydrogen (secondary N) is 2. The van der Waals surface area contributed by atoms with Crippen LogP contribution in [0.1, 0.15) is 19.8 Å². The number of carbonyl (C=O) groups excluding carboxylic acids is 1. The van der Waals surface area contributed by atoms with Crippen molar-refractivity contribution in [1.82, 2.24) is 10.6 Å². The molecule has 2 atom stereocenters. The minimum atomic E-state index is -0.00367. The zero-order chi connectivity index (χ0) is 12.1. The number of ether oxygens (including phenoxy) is 1. The van der Waals surface area contributed by atoms with Crippen LogP contribution in [0.2, 0.25) is 0 Å². The lowest BCUT2D eigenvalue weighted by molar-refractivity contribution is -0.123. The standard InChI is InChI=1S/C12H22N2O2S/c1-9(10-2-5-16-6-3-10)14-12(15)11-8-17-7-4-13-11/h9-11,13H,2-8H2,1H3,(H,14,15). The van der Waals surface area contributed by atoms with E-state index in [0.29, 0.717) is 5.92 Å². The lowest BCUT2D eigenvalue weighted by Gasteiger charge is -2.30. The first kappa shape index (κ1) is 13.2. The number of hydrogen-bond donors (Lipinski definition) is 2. The quantitative estimate of drug-likeness (QED) is 0.779. The summed E-state index contributed by atoms with van der Waals surface area (Å²) in [7, 11) is 0. The number of thioether (sulfide) groups is 1. The van der Waals surface area contributed by atoms with Gasteiger partial charge in [0.1, 0.15) is 0 Å². The third-order valence-electron chi connectivity index (χ3n) is 3.58. The second kappa shape index (κ2) is 6.61. The number of carbonyl (C=O) groups is 1. The van der Waals surface area contributed by atoms with Gasteiger partial charge in [0.25, 0.3) is 0 Å². The van der Waals surface area contributed by atoms with Crippen molar-refractivity contribution in [2.75, 3.05) is 31.3 Å². The van der Waals surface area contributed by atoms with Gasteiger partial charge in [0.05, 0.1) is 6.04 Å². The van der Waals surface area contributed by atoms with Crippen molar-refractivity contribution >= 4 is 17.7 Å². The maximum absolute atomic E-state index is 12.0. The molecule has 2 aliphatic rings. The van der Waals surface area contributed by atoms with E-state index in [9.17, 15) is 4.79 Å². The summed E-state index contributed by atoms with van der Waals surface area (Å²) in [6, 6.07) is 0.260. The highest BCUT2D eigenvalue weighted by Crippen LogP contribution is 2.18. The van der Waals surface area contributed by atoms with Gasteiger partial charge < -0.3 is 15.4 Å². The fourth-order valence-electron chi connectivity index (χ4n) is 2.39. The molecule has 0 radical (unpaired) electrons. The van der Waals surface area contributed by atoms with Crippen LogP contribution in [0.4, 0.5) is 0 Å². The van der Waals surface area contributed by atoms with E-state index in [1.165, 1.54) is 0 Å². The fourth-order valence-corrected chi connectivity index (χ4v) is 3.33. The van der Waals surface area contributed by atoms with Gasteiger partial charge in [-0.25, -0.2) is 0 Å². The van der Waals surface area contributed by atoms with Crippen LogP contribution in [-0.4, -0.2) is 49.3 Å². The number of hydrogen-bond acceptors (Lipinski definition) is 4. The van der Waals surface area contributed by atoms with Gasteiger partial charge in [-0.05, 0) is 25.7 Å². The molecule has 2 rings (SSSR count). The van der Waals surface area contributed by atoms with Gasteiger partial charge >= 0.3 is 0 Å². The van der Waals surface area contributed by atoms with E-state index in [-0.39, 0.29) is 18.0 Å². The highest BCUT2D eigenvalue weighted by molar-refractivity contribution is 7.99. The maximum atomic E-state index is 12.0. The molecule has 0 aromatic carbocycles. The minimum absolute atomic E-state index is 0.00367. The Balaban J connectivity index is 1.76. The predicted octanol–water partition coefficient (Wildman–Crippen LogP) is 0.623. The third kappa shape index (κ3) is 3.86. The van der Waals surface area contributed by atoms with Crippen LogP contribution in [0, 0.1) is 5.92 Å². The molecule has 1 amide bonds. The van der Waals surface area contributed by atoms with Crippen molar-refractivity contribution in [3.8, 4) is 0 Å². The van der Waals surface area contributed by atoms with Gasteiger partial charge in [0.15, 0.2) is 0 Å². The average molecular weight is 258 g/mol. The second-order valence-corrected chi connectivity index (χ2v) is 5.98. The van der Waals surface area contributed by atoms with Crippen LogP contribution >= 0.6 is 11.8 Å². The van der Waals surface area contributed by atoms with Crippen LogP contribution in [-0.2, 0) is 9.53 Å². The minimum Gasteiger partial charge on any atom is -0.381 e. The van der Waals surface area contributed by atoms with E-state index in [0.717, 1.165) is 44.1 Å². The molecule has 0 aromatic rings. The molecule has 0 aliphatic carbocycles. The van der Waals surface area contributed by atoms with Crippen molar-refractivity contribution in [2.45, 2.75) is 31.8 Å². The molecule has 0 spiro atoms. The van der Waals surface area contributed by atoms with E-state index < -0.39 is 0 Å². The largest absolute Gasteiger partial charge is 0.381 e. The lowest BCUT2D eigenvalue weighted by atomic mass is 9.93. The van der Waals surface area contributed by atoms with Gasteiger partial charge in [-0.15, -0.1) is 0 Å². The summed E-state index contributed by atoms with van der Waals surface area (Å²) in [6.45, 7) is 4.73. The summed E-state index contributed by atoms with van der Waals surface area (Å²) < 4.78 is 5.34. The van der Waals surface area contributed by atoms with Crippen LogP contribution in [0.3, 0.4) is 0 Å². The Morgan fingerprint density at radius 3 is 2.88 bits per heavy atom. The second-order valence-electron chi connectivity index (χ2n) is 4.83. The number of amides is 1. The Labute approximate surface area is 107 Å². The van der Waals surface area contributed by atoms with Gasteiger partial charge in [0.2, 0.25) is 5.91 Å². The molecule has 0 bridgehead atoms. The molecule has 2 N–H and O–H groups in total. The zero-order valence-electron chi connectivity index (χ0n) is 10.4. The Morgan fingerprint density at radius 1 is 1.47 bits per heavy atom. The molecule has 5 heteroatoms. The van der Waals surface area contributed by atoms with Gasteiger partial charge in [0, 0.05) is 37.3 Å². The highest BCUT2D eigenvalue weighted by atomic mass is 32.2. The summed E-state index contributed by atoms with van der Waals surface area (Å²) in [5.74, 6) is 2.74. The fraction of sp³-hybridized carbons (Fsp3) is 0.917. The Bertz CT molecular complexity index is 251. The first-order chi connectivity index (χ1) is 8.27. The van der Waals surface area contributed by atoms with Crippen LogP contribution in [0.25, 0.3) is 0 Å². The van der Waals surface area contributed by atoms with Crippen molar-refractivity contribution in [3.63, 3.8) is 0 Å². The van der Waals surface area contributed by atoms with Crippen LogP contribution in [0.15, 0.2) is 0 Å². The average Bonchev–Trinajstić information content (AvgIpc) is 2.40. The molecule has 2 heterocycles. The van der Waals surface area contributed by atoms with Gasteiger partial charge in [-0.3, -0.25) is 4.79 Å². The normalized spacial score (nSPS) is 28.6. The molecule has 2 saturated heterocycles. The summed E-state index contributed by atoms with van der Waals surface area (Å²) in [5.41, 5.74) is 0. The molecule has 2 aliphatic heterocycles. The first-order valence-electron chi connectivity index (χ1n) is 6.46. The Morgan fingerprint density at radius 2 is 2.24 bits per heavy atom. The van der Waals surface area contributed by atoms with E-state index in [1.54, 1.807) is 0 Å². The maximum Gasteiger partial charge on any atom is 0.238 e. The SMILES string of the molecule is CC(NC(=O)C1CSCCN1)C1CCOCC1. The molecule has 2 unspecified atom stereocenters. The summed E-state index contributed by atoms with van der Waals surface area (Å²) in [5, 5.41) is 6.42. The monoisotopic (exact) mass is 258 g/mol. The topological polar surface area (TPSA) is 50.4 Å². The highest BCUT2D eigenvalue weighted by Gasteiger charge is 2.26. The smallest absolute Gasteiger partial charge is 0.238 e. The first-order valence-corrected chi connectivity index (χ1v) is 7.62. The number of rotatable bonds is 3. The lowest BCUT2D eigenvalue weighted by Crippen LogP contribution is -2.52. The van der Waals surface area contributed by atoms with E-state index in [1.807, 2.05) is 11.8 Å². The molecule has 4 nitrogen and oxygen atoms in total. The molecule has 2 fully saturated rings. The predicted molar refractivity (Wildman–Crippen MR) is 70.3 cm³/mol. The van der Waals surface area contributed by atoms with Crippen LogP contribution < -0.4 is 10.6 Å². The van der Waals surface area contributed by atoms with Crippen molar-refractivity contribution < 1.29 is 9.53 Å². The zero-order valence-corrected chi connectivity index (χ0v) is 11.2. The van der Waals surface area contributed by atoms with Crippen molar-refractivity contribution in [2.24, 2.45) is 5.92 Å². The summed E-state index contributed by atoms with van der Waals surface area (Å²) in [4.78, 5) is 12.0.